The van der Waals surface area contributed by atoms with Crippen LogP contribution in [-0.2, 0) is 0 Å². The van der Waals surface area contributed by atoms with E-state index in [0.717, 1.165) is 0 Å². The van der Waals surface area contributed by atoms with Gasteiger partial charge in [0.1, 0.15) is 6.33 Å². The first-order chi connectivity index (χ1) is 2.89. The predicted octanol–water partition coefficient (Wildman–Crippen LogP) is -0.281. The highest BCUT2D eigenvalue weighted by Gasteiger charge is 1.77. The van der Waals surface area contributed by atoms with E-state index in [9.17, 15) is 0 Å². The molecule has 0 spiro atoms. The number of nitrogens with one attached hydrogen (secondary N) is 2. The summed E-state index contributed by atoms with van der Waals surface area (Å²) in [5, 5.41) is 5.70. The maximum Gasteiger partial charge on any atom is 0.237 e. The topological polar surface area (TPSA) is 65.4 Å². The van der Waals surface area contributed by atoms with Crippen molar-refractivity contribution < 1.29 is 0 Å². The monoisotopic (exact) mass is 83.0 g/mol. The standard InChI is InChI=1S/C2H3N4/c3-2-4-1-5-6-2/h1,3H,(H,4,5,6). The molecule has 1 rings (SSSR count). The van der Waals surface area contributed by atoms with Gasteiger partial charge in [-0.2, -0.15) is 10.1 Å². The lowest BCUT2D eigenvalue weighted by Gasteiger charge is -1.65. The fourth-order valence-electron chi connectivity index (χ4n) is 0.205. The molecule has 2 N–H and O–H groups in total. The van der Waals surface area contributed by atoms with Crippen LogP contribution in [0.1, 0.15) is 0 Å². The quantitative estimate of drug-likeness (QED) is 0.468. The molecule has 0 bridgehead atoms. The fourth-order valence-corrected chi connectivity index (χ4v) is 0.205. The predicted molar refractivity (Wildman–Crippen MR) is 19.1 cm³/mol. The Balaban J connectivity index is 3.05. The minimum absolute atomic E-state index is 0.106. The Morgan fingerprint density at radius 2 is 2.67 bits per heavy atom. The number of rotatable bonds is 0. The summed E-state index contributed by atoms with van der Waals surface area (Å²) < 4.78 is 0. The third-order valence-corrected chi connectivity index (χ3v) is 0.415. The molecule has 0 unspecified atom stereocenters. The van der Waals surface area contributed by atoms with Crippen molar-refractivity contribution in [1.29, 1.82) is 0 Å². The van der Waals surface area contributed by atoms with Gasteiger partial charge in [0.15, 0.2) is 0 Å². The molecule has 31 valence electrons. The van der Waals surface area contributed by atoms with Crippen LogP contribution in [0.5, 0.6) is 0 Å². The molecule has 1 radical (unpaired) electrons. The van der Waals surface area contributed by atoms with Crippen molar-refractivity contribution in [3.05, 3.63) is 6.33 Å². The summed E-state index contributed by atoms with van der Waals surface area (Å²) in [6, 6.07) is 0. The van der Waals surface area contributed by atoms with E-state index >= 15 is 0 Å². The van der Waals surface area contributed by atoms with Crippen LogP contribution in [0.15, 0.2) is 6.33 Å². The van der Waals surface area contributed by atoms with E-state index in [-0.39, 0.29) is 5.95 Å². The SMILES string of the molecule is [NH]c1ncn[nH]1. The average molecular weight is 83.1 g/mol. The number of H-pyrrole nitrogens is 1. The molecule has 1 aromatic rings. The van der Waals surface area contributed by atoms with Crippen molar-refractivity contribution in [1.82, 2.24) is 20.9 Å². The highest BCUT2D eigenvalue weighted by atomic mass is 15.2. The van der Waals surface area contributed by atoms with Gasteiger partial charge in [0, 0.05) is 0 Å². The van der Waals surface area contributed by atoms with Gasteiger partial charge < -0.3 is 0 Å². The van der Waals surface area contributed by atoms with Gasteiger partial charge in [0.2, 0.25) is 5.95 Å². The van der Waals surface area contributed by atoms with E-state index in [0.29, 0.717) is 0 Å². The molecular weight excluding hydrogens is 80.1 g/mol. The van der Waals surface area contributed by atoms with Crippen LogP contribution in [0.2, 0.25) is 0 Å². The first-order valence-corrected chi connectivity index (χ1v) is 1.46. The minimum Gasteiger partial charge on any atom is -0.266 e. The van der Waals surface area contributed by atoms with Crippen molar-refractivity contribution in [2.24, 2.45) is 0 Å². The number of hydrogen-bond acceptors (Lipinski definition) is 2. The Morgan fingerprint density at radius 3 is 2.83 bits per heavy atom. The second-order valence-corrected chi connectivity index (χ2v) is 0.834. The van der Waals surface area contributed by atoms with Gasteiger partial charge in [0.05, 0.1) is 0 Å². The Bertz CT molecular complexity index is 109. The van der Waals surface area contributed by atoms with Crippen LogP contribution in [-0.4, -0.2) is 15.2 Å². The van der Waals surface area contributed by atoms with Crippen molar-refractivity contribution in [3.63, 3.8) is 0 Å². The van der Waals surface area contributed by atoms with E-state index in [4.69, 9.17) is 5.73 Å². The van der Waals surface area contributed by atoms with Crippen molar-refractivity contribution in [3.8, 4) is 0 Å². The molecule has 1 heterocycles. The molecule has 0 aliphatic carbocycles. The van der Waals surface area contributed by atoms with E-state index in [1.54, 1.807) is 0 Å². The van der Waals surface area contributed by atoms with Crippen LogP contribution in [0, 0.1) is 0 Å². The third-order valence-electron chi connectivity index (χ3n) is 0.415. The van der Waals surface area contributed by atoms with Gasteiger partial charge in [-0.05, 0) is 0 Å². The summed E-state index contributed by atoms with van der Waals surface area (Å²) in [4.78, 5) is 3.42. The lowest BCUT2D eigenvalue weighted by molar-refractivity contribution is 1.07. The number of nitrogens with zero attached hydrogens (tertiary/aromatic N) is 2. The van der Waals surface area contributed by atoms with Crippen LogP contribution >= 0.6 is 0 Å². The lowest BCUT2D eigenvalue weighted by atomic mass is 11.1. The molecule has 6 heavy (non-hydrogen) atoms. The third kappa shape index (κ3) is 0.314. The van der Waals surface area contributed by atoms with Gasteiger partial charge in [-0.3, -0.25) is 5.73 Å². The molecule has 4 heteroatoms. The molecule has 0 amide bonds. The summed E-state index contributed by atoms with van der Waals surface area (Å²) in [5.41, 5.74) is 6.65. The van der Waals surface area contributed by atoms with Crippen LogP contribution < -0.4 is 5.73 Å². The van der Waals surface area contributed by atoms with E-state index in [2.05, 4.69) is 15.2 Å². The second-order valence-electron chi connectivity index (χ2n) is 0.834. The highest BCUT2D eigenvalue weighted by Crippen LogP contribution is 1.80. The zero-order chi connectivity index (χ0) is 4.41. The first-order valence-electron chi connectivity index (χ1n) is 1.46. The number of hydrogen-bond donors (Lipinski definition) is 1. The van der Waals surface area contributed by atoms with Gasteiger partial charge in [0.25, 0.3) is 0 Å². The lowest BCUT2D eigenvalue weighted by Crippen LogP contribution is -1.67. The van der Waals surface area contributed by atoms with E-state index < -0.39 is 0 Å². The Hall–Kier alpha value is -1.06. The minimum atomic E-state index is 0.106. The Kier molecular flexibility index (Phi) is 0.506. The van der Waals surface area contributed by atoms with Crippen molar-refractivity contribution in [2.75, 3.05) is 0 Å². The molecule has 0 saturated heterocycles. The van der Waals surface area contributed by atoms with Crippen LogP contribution in [0.4, 0.5) is 5.95 Å². The summed E-state index contributed by atoms with van der Waals surface area (Å²) in [6.45, 7) is 0. The second kappa shape index (κ2) is 0.965. The summed E-state index contributed by atoms with van der Waals surface area (Å²) in [7, 11) is 0. The van der Waals surface area contributed by atoms with Gasteiger partial charge in [-0.1, -0.05) is 0 Å². The number of aromatic amines is 1. The van der Waals surface area contributed by atoms with Gasteiger partial charge >= 0.3 is 0 Å². The highest BCUT2D eigenvalue weighted by molar-refractivity contribution is 5.00. The van der Waals surface area contributed by atoms with Crippen molar-refractivity contribution in [2.45, 2.75) is 0 Å². The first kappa shape index (κ1) is 3.14. The molecule has 0 saturated carbocycles. The molecule has 0 atom stereocenters. The molecule has 0 aliphatic heterocycles. The smallest absolute Gasteiger partial charge is 0.237 e. The Morgan fingerprint density at radius 1 is 1.83 bits per heavy atom. The van der Waals surface area contributed by atoms with E-state index in [1.807, 2.05) is 0 Å². The van der Waals surface area contributed by atoms with Crippen molar-refractivity contribution >= 4 is 5.95 Å². The summed E-state index contributed by atoms with van der Waals surface area (Å²) in [5.74, 6) is 0.106. The zero-order valence-corrected chi connectivity index (χ0v) is 2.97. The van der Waals surface area contributed by atoms with Gasteiger partial charge in [-0.15, -0.1) is 0 Å². The molecule has 0 fully saturated rings. The molecule has 1 aromatic heterocycles. The maximum absolute atomic E-state index is 6.65. The molecule has 0 aromatic carbocycles. The van der Waals surface area contributed by atoms with Crippen LogP contribution in [0.3, 0.4) is 0 Å². The summed E-state index contributed by atoms with van der Waals surface area (Å²) >= 11 is 0. The fraction of sp³-hybridized carbons (Fsp3) is 0. The zero-order valence-electron chi connectivity index (χ0n) is 2.97. The Labute approximate surface area is 34.4 Å². The number of aromatic nitrogens is 3. The summed E-state index contributed by atoms with van der Waals surface area (Å²) in [6.07, 6.45) is 1.29. The normalized spacial score (nSPS) is 8.67. The maximum atomic E-state index is 6.65. The molecule has 4 nitrogen and oxygen atoms in total. The van der Waals surface area contributed by atoms with E-state index in [1.165, 1.54) is 6.33 Å². The molecular formula is C2H3N4. The largest absolute Gasteiger partial charge is 0.266 e. The average Bonchev–Trinajstić information content (AvgIpc) is 1.86. The van der Waals surface area contributed by atoms with Crippen LogP contribution in [0.25, 0.3) is 0 Å². The van der Waals surface area contributed by atoms with Gasteiger partial charge in [-0.25, -0.2) is 5.10 Å². The molecule has 0 aliphatic rings.